The Morgan fingerprint density at radius 2 is 2.00 bits per heavy atom. The van der Waals surface area contributed by atoms with Gasteiger partial charge in [-0.15, -0.1) is 0 Å². The summed E-state index contributed by atoms with van der Waals surface area (Å²) < 4.78 is 0. The summed E-state index contributed by atoms with van der Waals surface area (Å²) in [7, 11) is 0. The lowest BCUT2D eigenvalue weighted by Gasteiger charge is -2.12. The Hall–Kier alpha value is -0.770. The van der Waals surface area contributed by atoms with E-state index in [9.17, 15) is 4.79 Å². The smallest absolute Gasteiger partial charge is 0.241 e. The molecule has 0 spiro atoms. The third-order valence-corrected chi connectivity index (χ3v) is 2.62. The molecule has 0 saturated carbocycles. The average molecular weight is 247 g/mol. The van der Waals surface area contributed by atoms with Crippen LogP contribution < -0.4 is 11.1 Å². The minimum Gasteiger partial charge on any atom is -0.322 e. The van der Waals surface area contributed by atoms with Gasteiger partial charge in [-0.1, -0.05) is 36.2 Å². The van der Waals surface area contributed by atoms with Crippen molar-refractivity contribution in [3.63, 3.8) is 0 Å². The highest BCUT2D eigenvalue weighted by Gasteiger charge is 2.14. The van der Waals surface area contributed by atoms with Crippen molar-refractivity contribution in [1.29, 1.82) is 0 Å². The van der Waals surface area contributed by atoms with Gasteiger partial charge in [0.25, 0.3) is 0 Å². The lowest BCUT2D eigenvalue weighted by molar-refractivity contribution is -0.117. The number of para-hydroxylation sites is 1. The molecule has 3 N–H and O–H groups in total. The van der Waals surface area contributed by atoms with Crippen LogP contribution in [0.5, 0.6) is 0 Å². The van der Waals surface area contributed by atoms with Crippen molar-refractivity contribution in [3.8, 4) is 0 Å². The first-order valence-electron chi connectivity index (χ1n) is 4.56. The second-order valence-corrected chi connectivity index (χ2v) is 3.92. The highest BCUT2D eigenvalue weighted by Crippen LogP contribution is 2.29. The number of anilines is 1. The van der Waals surface area contributed by atoms with Gasteiger partial charge >= 0.3 is 0 Å². The van der Waals surface area contributed by atoms with Crippen LogP contribution >= 0.6 is 23.2 Å². The summed E-state index contributed by atoms with van der Waals surface area (Å²) in [6.45, 7) is 1.83. The van der Waals surface area contributed by atoms with E-state index < -0.39 is 6.04 Å². The van der Waals surface area contributed by atoms with Crippen LogP contribution in [-0.4, -0.2) is 11.9 Å². The van der Waals surface area contributed by atoms with E-state index in [1.165, 1.54) is 0 Å². The van der Waals surface area contributed by atoms with Gasteiger partial charge in [-0.05, 0) is 18.6 Å². The van der Waals surface area contributed by atoms with Gasteiger partial charge in [0.05, 0.1) is 21.8 Å². The van der Waals surface area contributed by atoms with Crippen molar-refractivity contribution >= 4 is 34.8 Å². The zero-order valence-electron chi connectivity index (χ0n) is 8.26. The summed E-state index contributed by atoms with van der Waals surface area (Å²) >= 11 is 11.8. The summed E-state index contributed by atoms with van der Waals surface area (Å²) in [5, 5.41) is 3.41. The summed E-state index contributed by atoms with van der Waals surface area (Å²) in [5.74, 6) is -0.285. The summed E-state index contributed by atoms with van der Waals surface area (Å²) in [6, 6.07) is 4.47. The molecule has 0 aromatic heterocycles. The van der Waals surface area contributed by atoms with Gasteiger partial charge in [0.15, 0.2) is 0 Å². The highest BCUT2D eigenvalue weighted by atomic mass is 35.5. The normalized spacial score (nSPS) is 12.3. The molecule has 0 aliphatic heterocycles. The SMILES string of the molecule is CC[C@@H](N)C(=O)Nc1c(Cl)cccc1Cl. The topological polar surface area (TPSA) is 55.1 Å². The molecule has 0 bridgehead atoms. The van der Waals surface area contributed by atoms with Crippen molar-refractivity contribution in [3.05, 3.63) is 28.2 Å². The van der Waals surface area contributed by atoms with Gasteiger partial charge in [-0.25, -0.2) is 0 Å². The Kier molecular flexibility index (Phi) is 4.39. The van der Waals surface area contributed by atoms with E-state index in [0.717, 1.165) is 0 Å². The van der Waals surface area contributed by atoms with Crippen molar-refractivity contribution < 1.29 is 4.79 Å². The first-order chi connectivity index (χ1) is 7.06. The molecular formula is C10H12Cl2N2O. The minimum absolute atomic E-state index is 0.285. The number of halogens is 2. The molecule has 1 rings (SSSR count). The maximum Gasteiger partial charge on any atom is 0.241 e. The molecule has 0 radical (unpaired) electrons. The number of amides is 1. The van der Waals surface area contributed by atoms with Crippen LogP contribution in [0.3, 0.4) is 0 Å². The Morgan fingerprint density at radius 1 is 1.47 bits per heavy atom. The molecule has 3 nitrogen and oxygen atoms in total. The first kappa shape index (κ1) is 12.3. The molecule has 1 aromatic carbocycles. The third-order valence-electron chi connectivity index (χ3n) is 1.99. The molecule has 0 unspecified atom stereocenters. The van der Waals surface area contributed by atoms with Crippen LogP contribution in [-0.2, 0) is 4.79 Å². The van der Waals surface area contributed by atoms with Crippen LogP contribution in [0.25, 0.3) is 0 Å². The molecule has 1 atom stereocenters. The van der Waals surface area contributed by atoms with Gasteiger partial charge in [0, 0.05) is 0 Å². The van der Waals surface area contributed by atoms with E-state index in [1.807, 2.05) is 6.92 Å². The number of rotatable bonds is 3. The number of carbonyl (C=O) groups excluding carboxylic acids is 1. The first-order valence-corrected chi connectivity index (χ1v) is 5.32. The fourth-order valence-electron chi connectivity index (χ4n) is 1.02. The van der Waals surface area contributed by atoms with Gasteiger partial charge in [-0.3, -0.25) is 4.79 Å². The molecule has 5 heteroatoms. The number of hydrogen-bond donors (Lipinski definition) is 2. The molecule has 0 saturated heterocycles. The zero-order valence-corrected chi connectivity index (χ0v) is 9.77. The van der Waals surface area contributed by atoms with Crippen LogP contribution in [0.15, 0.2) is 18.2 Å². The Bertz CT molecular complexity index is 348. The van der Waals surface area contributed by atoms with Crippen molar-refractivity contribution in [2.24, 2.45) is 5.73 Å². The number of benzene rings is 1. The molecule has 82 valence electrons. The minimum atomic E-state index is -0.544. The predicted molar refractivity (Wildman–Crippen MR) is 63.4 cm³/mol. The van der Waals surface area contributed by atoms with E-state index in [1.54, 1.807) is 18.2 Å². The maximum atomic E-state index is 11.5. The molecule has 0 fully saturated rings. The third kappa shape index (κ3) is 3.09. The monoisotopic (exact) mass is 246 g/mol. The van der Waals surface area contributed by atoms with Crippen molar-refractivity contribution in [2.45, 2.75) is 19.4 Å². The second-order valence-electron chi connectivity index (χ2n) is 3.10. The molecule has 0 heterocycles. The van der Waals surface area contributed by atoms with Crippen LogP contribution in [0.4, 0.5) is 5.69 Å². The fraction of sp³-hybridized carbons (Fsp3) is 0.300. The van der Waals surface area contributed by atoms with Gasteiger partial charge in [0.1, 0.15) is 0 Å². The van der Waals surface area contributed by atoms with Crippen LogP contribution in [0.1, 0.15) is 13.3 Å². The Morgan fingerprint density at radius 3 is 2.47 bits per heavy atom. The quantitative estimate of drug-likeness (QED) is 0.862. The number of nitrogens with one attached hydrogen (secondary N) is 1. The van der Waals surface area contributed by atoms with Gasteiger partial charge in [0.2, 0.25) is 5.91 Å². The number of carbonyl (C=O) groups is 1. The zero-order chi connectivity index (χ0) is 11.4. The summed E-state index contributed by atoms with van der Waals surface area (Å²) in [6.07, 6.45) is 0.563. The molecular weight excluding hydrogens is 235 g/mol. The van der Waals surface area contributed by atoms with E-state index in [4.69, 9.17) is 28.9 Å². The molecule has 0 aliphatic rings. The van der Waals surface area contributed by atoms with Gasteiger partial charge in [-0.2, -0.15) is 0 Å². The van der Waals surface area contributed by atoms with E-state index >= 15 is 0 Å². The lowest BCUT2D eigenvalue weighted by atomic mass is 10.2. The Balaban J connectivity index is 2.85. The Labute approximate surface area is 98.5 Å². The van der Waals surface area contributed by atoms with Crippen molar-refractivity contribution in [1.82, 2.24) is 0 Å². The van der Waals surface area contributed by atoms with E-state index in [2.05, 4.69) is 5.32 Å². The van der Waals surface area contributed by atoms with Gasteiger partial charge < -0.3 is 11.1 Å². The standard InChI is InChI=1S/C10H12Cl2N2O/c1-2-8(13)10(15)14-9-6(11)4-3-5-7(9)12/h3-5,8H,2,13H2,1H3,(H,14,15)/t8-/m1/s1. The number of hydrogen-bond acceptors (Lipinski definition) is 2. The predicted octanol–water partition coefficient (Wildman–Crippen LogP) is 2.67. The highest BCUT2D eigenvalue weighted by molar-refractivity contribution is 6.39. The van der Waals surface area contributed by atoms with Crippen molar-refractivity contribution in [2.75, 3.05) is 5.32 Å². The summed E-state index contributed by atoms with van der Waals surface area (Å²) in [4.78, 5) is 11.5. The van der Waals surface area contributed by atoms with E-state index in [-0.39, 0.29) is 5.91 Å². The second kappa shape index (κ2) is 5.35. The molecule has 0 aliphatic carbocycles. The van der Waals surface area contributed by atoms with Crippen LogP contribution in [0, 0.1) is 0 Å². The van der Waals surface area contributed by atoms with Crippen LogP contribution in [0.2, 0.25) is 10.0 Å². The average Bonchev–Trinajstić information content (AvgIpc) is 2.22. The molecule has 1 amide bonds. The largest absolute Gasteiger partial charge is 0.322 e. The fourth-order valence-corrected chi connectivity index (χ4v) is 1.51. The maximum absolute atomic E-state index is 11.5. The van der Waals surface area contributed by atoms with E-state index in [0.29, 0.717) is 22.2 Å². The molecule has 15 heavy (non-hydrogen) atoms. The number of nitrogens with two attached hydrogens (primary N) is 1. The molecule has 1 aromatic rings. The lowest BCUT2D eigenvalue weighted by Crippen LogP contribution is -2.34. The summed E-state index contributed by atoms with van der Waals surface area (Å²) in [5.41, 5.74) is 5.98.